The quantitative estimate of drug-likeness (QED) is 0.130. The summed E-state index contributed by atoms with van der Waals surface area (Å²) in [6, 6.07) is 0. The predicted molar refractivity (Wildman–Crippen MR) is 42.9 cm³/mol. The molecule has 0 aliphatic carbocycles. The lowest BCUT2D eigenvalue weighted by atomic mass is 10.4. The second-order valence-electron chi connectivity index (χ2n) is 1.74. The number of carbonyl (C=O) groups is 2. The summed E-state index contributed by atoms with van der Waals surface area (Å²) >= 11 is 0. The van der Waals surface area contributed by atoms with Crippen molar-refractivity contribution < 1.29 is 9.59 Å². The topological polar surface area (TPSA) is 110 Å². The molecule has 0 aliphatic heterocycles. The maximum atomic E-state index is 10.4. The summed E-state index contributed by atoms with van der Waals surface area (Å²) in [4.78, 5) is 20.9. The lowest BCUT2D eigenvalue weighted by molar-refractivity contribution is -0.117. The number of carbonyl (C=O) groups excluding carboxylic acids is 2. The molecule has 0 bridgehead atoms. The Balaban J connectivity index is 3.81. The number of nitrogens with one attached hydrogen (secondary N) is 2. The molecule has 0 heterocycles. The molecule has 6 heteroatoms. The Bertz CT molecular complexity index is 198. The van der Waals surface area contributed by atoms with Crippen LogP contribution in [0.25, 0.3) is 0 Å². The van der Waals surface area contributed by atoms with Crippen LogP contribution in [0.4, 0.5) is 0 Å². The Kier molecular flexibility index (Phi) is 5.24. The highest BCUT2D eigenvalue weighted by molar-refractivity contribution is 5.89. The number of rotatable bonds is 3. The van der Waals surface area contributed by atoms with Crippen molar-refractivity contribution in [1.82, 2.24) is 10.9 Å². The Hall–Kier alpha value is -1.66. The normalized spacial score (nSPS) is 10.5. The third kappa shape index (κ3) is 5.15. The molecular weight excluding hydrogens is 160 g/mol. The summed E-state index contributed by atoms with van der Waals surface area (Å²) in [7, 11) is 0. The van der Waals surface area contributed by atoms with Crippen LogP contribution in [0.3, 0.4) is 0 Å². The molecule has 2 amide bonds. The maximum absolute atomic E-state index is 10.4. The fraction of sp³-hybridized carbons (Fsp3) is 0. The van der Waals surface area contributed by atoms with Gasteiger partial charge < -0.3 is 0 Å². The number of hydrogen-bond acceptors (Lipinski definition) is 4. The van der Waals surface area contributed by atoms with Crippen molar-refractivity contribution in [3.8, 4) is 0 Å². The van der Waals surface area contributed by atoms with Gasteiger partial charge >= 0.3 is 0 Å². The van der Waals surface area contributed by atoms with E-state index in [0.29, 0.717) is 0 Å². The van der Waals surface area contributed by atoms with Crippen molar-refractivity contribution in [1.29, 1.82) is 0 Å². The molecule has 0 radical (unpaired) electrons. The van der Waals surface area contributed by atoms with Crippen LogP contribution in [0.2, 0.25) is 0 Å². The van der Waals surface area contributed by atoms with Crippen molar-refractivity contribution >= 4 is 11.8 Å². The largest absolute Gasteiger partial charge is 0.291 e. The molecule has 0 saturated carbocycles. The van der Waals surface area contributed by atoms with E-state index < -0.39 is 11.8 Å². The van der Waals surface area contributed by atoms with E-state index in [-0.39, 0.29) is 0 Å². The van der Waals surface area contributed by atoms with Crippen molar-refractivity contribution in [2.24, 2.45) is 11.7 Å². The molecule has 6 nitrogen and oxygen atoms in total. The highest BCUT2D eigenvalue weighted by Gasteiger charge is 1.86. The highest BCUT2D eigenvalue weighted by atomic mass is 16.2. The second-order valence-corrected chi connectivity index (χ2v) is 1.74. The summed E-state index contributed by atoms with van der Waals surface area (Å²) in [5.74, 6) is 8.63. The molecular formula is C6H10N4O2. The van der Waals surface area contributed by atoms with Gasteiger partial charge in [0.25, 0.3) is 11.8 Å². The summed E-state index contributed by atoms with van der Waals surface area (Å²) < 4.78 is 0. The second kappa shape index (κ2) is 6.08. The zero-order chi connectivity index (χ0) is 9.40. The van der Waals surface area contributed by atoms with Gasteiger partial charge in [-0.15, -0.1) is 0 Å². The molecule has 0 atom stereocenters. The van der Waals surface area contributed by atoms with Crippen LogP contribution in [-0.2, 0) is 9.59 Å². The molecule has 0 saturated heterocycles. The van der Waals surface area contributed by atoms with Gasteiger partial charge in [0.2, 0.25) is 0 Å². The number of amides is 2. The third-order valence-electron chi connectivity index (χ3n) is 0.891. The number of allylic oxidation sites excluding steroid dienone is 2. The first-order chi connectivity index (χ1) is 5.70. The van der Waals surface area contributed by atoms with Gasteiger partial charge in [0, 0.05) is 12.2 Å². The van der Waals surface area contributed by atoms with Crippen LogP contribution in [0.5, 0.6) is 0 Å². The van der Waals surface area contributed by atoms with E-state index in [9.17, 15) is 9.59 Å². The number of hydrazine groups is 2. The third-order valence-corrected chi connectivity index (χ3v) is 0.891. The van der Waals surface area contributed by atoms with Crippen LogP contribution in [-0.4, -0.2) is 11.8 Å². The summed E-state index contributed by atoms with van der Waals surface area (Å²) in [5, 5.41) is 0. The van der Waals surface area contributed by atoms with Gasteiger partial charge in [-0.3, -0.25) is 20.4 Å². The Labute approximate surface area is 69.2 Å². The SMILES string of the molecule is NNC(=O)/C=C\C=C/C(=O)NN. The highest BCUT2D eigenvalue weighted by Crippen LogP contribution is 1.76. The van der Waals surface area contributed by atoms with Gasteiger partial charge in [0.15, 0.2) is 0 Å². The monoisotopic (exact) mass is 170 g/mol. The van der Waals surface area contributed by atoms with Crippen molar-refractivity contribution in [3.05, 3.63) is 24.3 Å². The molecule has 6 N–H and O–H groups in total. The minimum atomic E-state index is -0.451. The predicted octanol–water partition coefficient (Wildman–Crippen LogP) is -1.92. The van der Waals surface area contributed by atoms with Gasteiger partial charge in [-0.05, 0) is 0 Å². The average Bonchev–Trinajstić information content (AvgIpc) is 2.11. The van der Waals surface area contributed by atoms with Gasteiger partial charge in [0.1, 0.15) is 0 Å². The molecule has 0 fully saturated rings. The van der Waals surface area contributed by atoms with Crippen LogP contribution >= 0.6 is 0 Å². The standard InChI is InChI=1S/C6H10N4O2/c7-9-5(11)3-1-2-4-6(12)10-8/h1-4H,7-8H2,(H,9,11)(H,10,12)/b3-1-,4-2-. The van der Waals surface area contributed by atoms with Crippen LogP contribution in [0.15, 0.2) is 24.3 Å². The fourth-order valence-electron chi connectivity index (χ4n) is 0.382. The first-order valence-electron chi connectivity index (χ1n) is 3.06. The Morgan fingerprint density at radius 1 is 0.917 bits per heavy atom. The Morgan fingerprint density at radius 2 is 1.25 bits per heavy atom. The molecule has 0 unspecified atom stereocenters. The summed E-state index contributed by atoms with van der Waals surface area (Å²) in [6.07, 6.45) is 5.05. The molecule has 0 aromatic carbocycles. The van der Waals surface area contributed by atoms with Gasteiger partial charge in [-0.1, -0.05) is 12.2 Å². The van der Waals surface area contributed by atoms with Gasteiger partial charge in [-0.2, -0.15) is 0 Å². The van der Waals surface area contributed by atoms with E-state index in [4.69, 9.17) is 11.7 Å². The molecule has 12 heavy (non-hydrogen) atoms. The number of nitrogens with two attached hydrogens (primary N) is 2. The molecule has 0 aromatic heterocycles. The van der Waals surface area contributed by atoms with E-state index in [1.54, 1.807) is 0 Å². The van der Waals surface area contributed by atoms with E-state index in [1.807, 2.05) is 10.9 Å². The zero-order valence-electron chi connectivity index (χ0n) is 6.28. The smallest absolute Gasteiger partial charge is 0.257 e. The minimum absolute atomic E-state index is 0.451. The van der Waals surface area contributed by atoms with Crippen molar-refractivity contribution in [2.45, 2.75) is 0 Å². The molecule has 66 valence electrons. The average molecular weight is 170 g/mol. The summed E-state index contributed by atoms with van der Waals surface area (Å²) in [5.41, 5.74) is 3.76. The fourth-order valence-corrected chi connectivity index (χ4v) is 0.382. The van der Waals surface area contributed by atoms with E-state index >= 15 is 0 Å². The van der Waals surface area contributed by atoms with Crippen LogP contribution in [0.1, 0.15) is 0 Å². The molecule has 0 aromatic rings. The van der Waals surface area contributed by atoms with Gasteiger partial charge in [-0.25, -0.2) is 11.7 Å². The zero-order valence-corrected chi connectivity index (χ0v) is 6.28. The lowest BCUT2D eigenvalue weighted by Gasteiger charge is -1.87. The van der Waals surface area contributed by atoms with E-state index in [0.717, 1.165) is 0 Å². The molecule has 0 rings (SSSR count). The molecule has 0 spiro atoms. The van der Waals surface area contributed by atoms with Crippen molar-refractivity contribution in [3.63, 3.8) is 0 Å². The van der Waals surface area contributed by atoms with Gasteiger partial charge in [0.05, 0.1) is 0 Å². The molecule has 0 aliphatic rings. The van der Waals surface area contributed by atoms with Crippen LogP contribution in [0, 0.1) is 0 Å². The Morgan fingerprint density at radius 3 is 1.50 bits per heavy atom. The maximum Gasteiger partial charge on any atom is 0.257 e. The number of hydrogen-bond donors (Lipinski definition) is 4. The van der Waals surface area contributed by atoms with Crippen LogP contribution < -0.4 is 22.5 Å². The van der Waals surface area contributed by atoms with E-state index in [2.05, 4.69) is 0 Å². The minimum Gasteiger partial charge on any atom is -0.291 e. The first-order valence-corrected chi connectivity index (χ1v) is 3.06. The lowest BCUT2D eigenvalue weighted by Crippen LogP contribution is -2.28. The van der Waals surface area contributed by atoms with Crippen molar-refractivity contribution in [2.75, 3.05) is 0 Å². The first kappa shape index (κ1) is 10.3. The van der Waals surface area contributed by atoms with E-state index in [1.165, 1.54) is 24.3 Å². The summed E-state index contributed by atoms with van der Waals surface area (Å²) in [6.45, 7) is 0.